The number of ether oxygens (including phenoxy) is 1. The van der Waals surface area contributed by atoms with Crippen molar-refractivity contribution in [3.63, 3.8) is 0 Å². The van der Waals surface area contributed by atoms with Crippen LogP contribution in [0, 0.1) is 17.8 Å². The van der Waals surface area contributed by atoms with Crippen LogP contribution in [-0.4, -0.2) is 35.6 Å². The lowest BCUT2D eigenvalue weighted by Gasteiger charge is -2.42. The van der Waals surface area contributed by atoms with E-state index in [1.807, 2.05) is 0 Å². The number of hydrogen-bond acceptors (Lipinski definition) is 6. The number of phenolic OH excluding ortho intramolecular Hbond substituents is 1. The molecule has 2 amide bonds. The normalized spacial score (nSPS) is 24.6. The molecule has 1 N–H and O–H groups in total. The quantitative estimate of drug-likeness (QED) is 0.149. The van der Waals surface area contributed by atoms with Crippen LogP contribution in [0.1, 0.15) is 42.4 Å². The van der Waals surface area contributed by atoms with Gasteiger partial charge in [0, 0.05) is 27.1 Å². The van der Waals surface area contributed by atoms with Crippen molar-refractivity contribution in [3.05, 3.63) is 84.3 Å². The number of halogens is 8. The van der Waals surface area contributed by atoms with Gasteiger partial charge in [0.25, 0.3) is 0 Å². The fourth-order valence-electron chi connectivity index (χ4n) is 7.04. The van der Waals surface area contributed by atoms with Crippen LogP contribution < -0.4 is 9.64 Å². The molecule has 7 nitrogen and oxygen atoms in total. The third kappa shape index (κ3) is 5.16. The Balaban J connectivity index is 1.52. The molecule has 4 aliphatic rings. The topological polar surface area (TPSA) is 101 Å². The van der Waals surface area contributed by atoms with Gasteiger partial charge in [-0.15, -0.1) is 0 Å². The number of hydrogen-bond donors (Lipinski definition) is 1. The third-order valence-corrected chi connectivity index (χ3v) is 11.3. The molecule has 4 unspecified atom stereocenters. The molecule has 2 aromatic rings. The Labute approximate surface area is 279 Å². The number of rotatable bonds is 3. The van der Waals surface area contributed by atoms with Crippen molar-refractivity contribution >= 4 is 60.9 Å². The second-order valence-electron chi connectivity index (χ2n) is 11.6. The highest BCUT2D eigenvalue weighted by atomic mass is 79.9. The number of fused-ring (bicyclic) bond motifs is 3. The monoisotopic (exact) mass is 787 g/mol. The second kappa shape index (κ2) is 11.2. The van der Waals surface area contributed by atoms with Crippen LogP contribution >= 0.6 is 31.9 Å². The number of phenols is 1. The van der Waals surface area contributed by atoms with Gasteiger partial charge in [-0.05, 0) is 93.4 Å². The number of amides is 2. The summed E-state index contributed by atoms with van der Waals surface area (Å²) in [6.07, 6.45) is -7.90. The minimum absolute atomic E-state index is 0.0123. The number of Topliss-reactive ketones (excluding diaryl/α,β-unsaturated/α-hetero) is 1. The van der Waals surface area contributed by atoms with Gasteiger partial charge in [-0.1, -0.05) is 11.6 Å². The van der Waals surface area contributed by atoms with Crippen molar-refractivity contribution in [2.45, 2.75) is 38.0 Å². The van der Waals surface area contributed by atoms with Crippen molar-refractivity contribution in [1.82, 2.24) is 0 Å². The molecular formula is C32H21Br2F6NO6. The molecule has 6 rings (SSSR count). The SMILES string of the molecule is COc1cc(C2C3=CCC4C(=O)N(c5cc(C(F)(F)F)cc(C(F)(F)F)c5)C(=O)C4C3CC3=C2C(=O)C=C(C)C3=O)c(Br)c(Br)c1O. The Morgan fingerprint density at radius 1 is 0.894 bits per heavy atom. The van der Waals surface area contributed by atoms with Gasteiger partial charge in [-0.2, -0.15) is 26.3 Å². The van der Waals surface area contributed by atoms with E-state index in [-0.39, 0.29) is 51.6 Å². The maximum Gasteiger partial charge on any atom is 0.416 e. The number of anilines is 1. The number of alkyl halides is 6. The first-order valence-corrected chi connectivity index (χ1v) is 15.6. The van der Waals surface area contributed by atoms with Crippen molar-refractivity contribution < 1.29 is 55.4 Å². The molecule has 1 saturated heterocycles. The maximum atomic E-state index is 14.1. The number of carbonyl (C=O) groups is 4. The number of methoxy groups -OCH3 is 1. The van der Waals surface area contributed by atoms with E-state index in [0.29, 0.717) is 32.6 Å². The average molecular weight is 789 g/mol. The van der Waals surface area contributed by atoms with Crippen LogP contribution in [-0.2, 0) is 31.5 Å². The van der Waals surface area contributed by atoms with E-state index in [0.717, 1.165) is 0 Å². The molecule has 47 heavy (non-hydrogen) atoms. The highest BCUT2D eigenvalue weighted by Gasteiger charge is 2.57. The summed E-state index contributed by atoms with van der Waals surface area (Å²) in [4.78, 5) is 55.2. The predicted molar refractivity (Wildman–Crippen MR) is 160 cm³/mol. The molecule has 1 aliphatic heterocycles. The molecule has 0 aromatic heterocycles. The van der Waals surface area contributed by atoms with E-state index < -0.39 is 76.2 Å². The van der Waals surface area contributed by atoms with Gasteiger partial charge in [0.05, 0.1) is 40.2 Å². The number of ketones is 2. The molecule has 3 aliphatic carbocycles. The second-order valence-corrected chi connectivity index (χ2v) is 13.2. The van der Waals surface area contributed by atoms with E-state index in [1.165, 1.54) is 26.2 Å². The molecule has 246 valence electrons. The Morgan fingerprint density at radius 3 is 2.09 bits per heavy atom. The first-order chi connectivity index (χ1) is 21.9. The molecular weight excluding hydrogens is 768 g/mol. The molecule has 15 heteroatoms. The number of allylic oxidation sites excluding steroid dienone is 6. The van der Waals surface area contributed by atoms with Crippen molar-refractivity contribution in [2.24, 2.45) is 17.8 Å². The van der Waals surface area contributed by atoms with E-state index in [1.54, 1.807) is 6.08 Å². The molecule has 0 bridgehead atoms. The molecule has 0 radical (unpaired) electrons. The van der Waals surface area contributed by atoms with Crippen LogP contribution in [0.2, 0.25) is 0 Å². The lowest BCUT2D eigenvalue weighted by Crippen LogP contribution is -2.40. The van der Waals surface area contributed by atoms with Crippen molar-refractivity contribution in [2.75, 3.05) is 12.0 Å². The van der Waals surface area contributed by atoms with E-state index in [2.05, 4.69) is 31.9 Å². The summed E-state index contributed by atoms with van der Waals surface area (Å²) < 4.78 is 87.8. The van der Waals surface area contributed by atoms with Crippen molar-refractivity contribution in [1.29, 1.82) is 0 Å². The zero-order valence-corrected chi connectivity index (χ0v) is 27.3. The average Bonchev–Trinajstić information content (AvgIpc) is 3.26. The lowest BCUT2D eigenvalue weighted by atomic mass is 9.59. The molecule has 1 heterocycles. The zero-order chi connectivity index (χ0) is 34.5. The lowest BCUT2D eigenvalue weighted by molar-refractivity contribution is -0.143. The highest BCUT2D eigenvalue weighted by molar-refractivity contribution is 9.13. The van der Waals surface area contributed by atoms with Gasteiger partial charge in [0.2, 0.25) is 11.8 Å². The van der Waals surface area contributed by atoms with Crippen LogP contribution in [0.25, 0.3) is 0 Å². The Morgan fingerprint density at radius 2 is 1.51 bits per heavy atom. The van der Waals surface area contributed by atoms with Gasteiger partial charge in [0.1, 0.15) is 0 Å². The molecule has 4 atom stereocenters. The summed E-state index contributed by atoms with van der Waals surface area (Å²) in [5, 5.41) is 10.6. The zero-order valence-electron chi connectivity index (χ0n) is 24.1. The summed E-state index contributed by atoms with van der Waals surface area (Å²) in [6.45, 7) is 1.45. The predicted octanol–water partition coefficient (Wildman–Crippen LogP) is 7.60. The van der Waals surface area contributed by atoms with Gasteiger partial charge in [-0.25, -0.2) is 4.90 Å². The number of nitrogens with zero attached hydrogens (tertiary/aromatic N) is 1. The van der Waals surface area contributed by atoms with E-state index in [9.17, 15) is 50.6 Å². The molecule has 1 fully saturated rings. The minimum atomic E-state index is -5.21. The summed E-state index contributed by atoms with van der Waals surface area (Å²) in [7, 11) is 1.30. The summed E-state index contributed by atoms with van der Waals surface area (Å²) in [5.74, 6) is -7.54. The van der Waals surface area contributed by atoms with Crippen LogP contribution in [0.3, 0.4) is 0 Å². The summed E-state index contributed by atoms with van der Waals surface area (Å²) >= 11 is 6.73. The molecule has 0 spiro atoms. The van der Waals surface area contributed by atoms with Crippen molar-refractivity contribution in [3.8, 4) is 11.5 Å². The fraction of sp³-hybridized carbons (Fsp3) is 0.312. The van der Waals surface area contributed by atoms with E-state index >= 15 is 0 Å². The number of aromatic hydroxyl groups is 1. The Kier molecular flexibility index (Phi) is 7.89. The number of carbonyl (C=O) groups excluding carboxylic acids is 4. The summed E-state index contributed by atoms with van der Waals surface area (Å²) in [5.41, 5.74) is -3.09. The van der Waals surface area contributed by atoms with Gasteiger partial charge < -0.3 is 9.84 Å². The molecule has 2 aromatic carbocycles. The Bertz CT molecular complexity index is 1880. The van der Waals surface area contributed by atoms with Crippen LogP contribution in [0.5, 0.6) is 11.5 Å². The van der Waals surface area contributed by atoms with Crippen LogP contribution in [0.15, 0.2) is 67.7 Å². The third-order valence-electron chi connectivity index (χ3n) is 9.10. The maximum absolute atomic E-state index is 14.1. The standard InChI is InChI=1S/C32H21Br2F6NO6/c1-11-5-20(42)24-19(27(11)43)9-17-15(22(24)18-10-21(47-2)28(44)26(34)25(18)33)3-4-16-23(17)30(46)41(29(16)45)14-7-12(31(35,36)37)6-13(8-14)32(38,39)40/h3,5-8,10,16-17,22-23,44H,4,9H2,1-2H3. The largest absolute Gasteiger partial charge is 0.503 e. The Hall–Kier alpha value is -3.72. The smallest absolute Gasteiger partial charge is 0.416 e. The molecule has 0 saturated carbocycles. The highest BCUT2D eigenvalue weighted by Crippen LogP contribution is 2.58. The van der Waals surface area contributed by atoms with Gasteiger partial charge >= 0.3 is 12.4 Å². The van der Waals surface area contributed by atoms with Gasteiger partial charge in [0.15, 0.2) is 23.1 Å². The number of benzene rings is 2. The first-order valence-electron chi connectivity index (χ1n) is 14.0. The minimum Gasteiger partial charge on any atom is -0.503 e. The fourth-order valence-corrected chi connectivity index (χ4v) is 7.99. The summed E-state index contributed by atoms with van der Waals surface area (Å²) in [6, 6.07) is 2.02. The van der Waals surface area contributed by atoms with E-state index in [4.69, 9.17) is 4.74 Å². The first kappa shape index (κ1) is 33.2. The van der Waals surface area contributed by atoms with Gasteiger partial charge in [-0.3, -0.25) is 19.2 Å². The van der Waals surface area contributed by atoms with Crippen LogP contribution in [0.4, 0.5) is 32.0 Å². The number of imide groups is 1.